The molecule has 19 heavy (non-hydrogen) atoms. The summed E-state index contributed by atoms with van der Waals surface area (Å²) in [5, 5.41) is 13.9. The number of aromatic nitrogens is 2. The van der Waals surface area contributed by atoms with Crippen LogP contribution in [0.2, 0.25) is 5.15 Å². The number of aryl methyl sites for hydroxylation is 1. The SMILES string of the molecule is CCCc1nn(-c2ccc(OC)cc2)c(Cl)c1C#N. The summed E-state index contributed by atoms with van der Waals surface area (Å²) in [4.78, 5) is 0. The fraction of sp³-hybridized carbons (Fsp3) is 0.286. The van der Waals surface area contributed by atoms with E-state index in [4.69, 9.17) is 21.6 Å². The second-order valence-electron chi connectivity index (χ2n) is 4.08. The maximum atomic E-state index is 9.16. The Labute approximate surface area is 117 Å². The molecule has 0 aliphatic carbocycles. The highest BCUT2D eigenvalue weighted by Crippen LogP contribution is 2.25. The fourth-order valence-corrected chi connectivity index (χ4v) is 2.14. The first-order chi connectivity index (χ1) is 9.21. The lowest BCUT2D eigenvalue weighted by Crippen LogP contribution is -1.97. The lowest BCUT2D eigenvalue weighted by atomic mass is 10.2. The number of ether oxygens (including phenoxy) is 1. The Bertz CT molecular complexity index is 611. The Kier molecular flexibility index (Phi) is 4.08. The molecule has 5 heteroatoms. The molecule has 98 valence electrons. The summed E-state index contributed by atoms with van der Waals surface area (Å²) < 4.78 is 6.70. The number of nitrogens with zero attached hydrogens (tertiary/aromatic N) is 3. The molecule has 0 aliphatic rings. The molecule has 0 radical (unpaired) electrons. The molecule has 2 rings (SSSR count). The van der Waals surface area contributed by atoms with Crippen molar-refractivity contribution in [3.63, 3.8) is 0 Å². The van der Waals surface area contributed by atoms with Crippen molar-refractivity contribution in [2.45, 2.75) is 19.8 Å². The molecular weight excluding hydrogens is 262 g/mol. The topological polar surface area (TPSA) is 50.8 Å². The average molecular weight is 276 g/mol. The zero-order chi connectivity index (χ0) is 13.8. The number of benzene rings is 1. The van der Waals surface area contributed by atoms with Gasteiger partial charge in [0.15, 0.2) is 5.15 Å². The predicted molar refractivity (Wildman–Crippen MR) is 73.8 cm³/mol. The van der Waals surface area contributed by atoms with Gasteiger partial charge in [-0.15, -0.1) is 0 Å². The van der Waals surface area contributed by atoms with Gasteiger partial charge in [0.25, 0.3) is 0 Å². The maximum absolute atomic E-state index is 9.16. The molecule has 0 saturated heterocycles. The van der Waals surface area contributed by atoms with Crippen LogP contribution in [0, 0.1) is 11.3 Å². The highest BCUT2D eigenvalue weighted by molar-refractivity contribution is 6.31. The Balaban J connectivity index is 2.47. The van der Waals surface area contributed by atoms with Crippen LogP contribution in [-0.4, -0.2) is 16.9 Å². The van der Waals surface area contributed by atoms with Crippen molar-refractivity contribution in [3.05, 3.63) is 40.7 Å². The molecule has 0 N–H and O–H groups in total. The van der Waals surface area contributed by atoms with E-state index in [2.05, 4.69) is 11.2 Å². The molecule has 0 atom stereocenters. The molecule has 2 aromatic rings. The van der Waals surface area contributed by atoms with Gasteiger partial charge in [0.1, 0.15) is 17.4 Å². The molecular formula is C14H14ClN3O. The van der Waals surface area contributed by atoms with Gasteiger partial charge in [-0.1, -0.05) is 24.9 Å². The lowest BCUT2D eigenvalue weighted by molar-refractivity contribution is 0.414. The van der Waals surface area contributed by atoms with Gasteiger partial charge in [0, 0.05) is 0 Å². The zero-order valence-electron chi connectivity index (χ0n) is 10.9. The van der Waals surface area contributed by atoms with Gasteiger partial charge in [0.2, 0.25) is 0 Å². The molecule has 0 amide bonds. The van der Waals surface area contributed by atoms with E-state index in [1.165, 1.54) is 0 Å². The smallest absolute Gasteiger partial charge is 0.150 e. The van der Waals surface area contributed by atoms with Gasteiger partial charge < -0.3 is 4.74 Å². The number of nitriles is 1. The summed E-state index contributed by atoms with van der Waals surface area (Å²) in [7, 11) is 1.61. The molecule has 0 spiro atoms. The molecule has 0 aliphatic heterocycles. The van der Waals surface area contributed by atoms with Crippen molar-refractivity contribution in [2.24, 2.45) is 0 Å². The molecule has 0 unspecified atom stereocenters. The van der Waals surface area contributed by atoms with E-state index in [1.807, 2.05) is 31.2 Å². The monoisotopic (exact) mass is 275 g/mol. The molecule has 0 saturated carbocycles. The van der Waals surface area contributed by atoms with Crippen LogP contribution in [0.4, 0.5) is 0 Å². The van der Waals surface area contributed by atoms with E-state index in [1.54, 1.807) is 11.8 Å². The van der Waals surface area contributed by atoms with Crippen molar-refractivity contribution in [1.29, 1.82) is 5.26 Å². The summed E-state index contributed by atoms with van der Waals surface area (Å²) in [6, 6.07) is 9.50. The minimum atomic E-state index is 0.358. The Morgan fingerprint density at radius 1 is 1.37 bits per heavy atom. The van der Waals surface area contributed by atoms with Crippen LogP contribution in [0.5, 0.6) is 5.75 Å². The Hall–Kier alpha value is -1.99. The first kappa shape index (κ1) is 13.4. The van der Waals surface area contributed by atoms with Crippen molar-refractivity contribution in [2.75, 3.05) is 7.11 Å². The van der Waals surface area contributed by atoms with Gasteiger partial charge >= 0.3 is 0 Å². The van der Waals surface area contributed by atoms with E-state index in [0.717, 1.165) is 30.0 Å². The van der Waals surface area contributed by atoms with E-state index in [0.29, 0.717) is 10.7 Å². The molecule has 0 bridgehead atoms. The minimum absolute atomic E-state index is 0.358. The number of halogens is 1. The highest BCUT2D eigenvalue weighted by Gasteiger charge is 2.16. The second kappa shape index (κ2) is 5.77. The van der Waals surface area contributed by atoms with Gasteiger partial charge in [0.05, 0.1) is 18.5 Å². The third-order valence-corrected chi connectivity index (χ3v) is 3.17. The second-order valence-corrected chi connectivity index (χ2v) is 4.44. The number of methoxy groups -OCH3 is 1. The third-order valence-electron chi connectivity index (χ3n) is 2.82. The normalized spacial score (nSPS) is 10.2. The van der Waals surface area contributed by atoms with Crippen molar-refractivity contribution in [1.82, 2.24) is 9.78 Å². The summed E-state index contributed by atoms with van der Waals surface area (Å²) in [5.74, 6) is 0.765. The molecule has 1 aromatic heterocycles. The Morgan fingerprint density at radius 3 is 2.58 bits per heavy atom. The average Bonchev–Trinajstić information content (AvgIpc) is 2.75. The molecule has 4 nitrogen and oxygen atoms in total. The molecule has 1 heterocycles. The van der Waals surface area contributed by atoms with Crippen molar-refractivity contribution in [3.8, 4) is 17.5 Å². The number of rotatable bonds is 4. The summed E-state index contributed by atoms with van der Waals surface area (Å²) in [6.45, 7) is 2.04. The standard InChI is InChI=1S/C14H14ClN3O/c1-3-4-13-12(9-16)14(15)18(17-13)10-5-7-11(19-2)8-6-10/h5-8H,3-4H2,1-2H3. The van der Waals surface area contributed by atoms with Gasteiger partial charge in [-0.05, 0) is 30.7 Å². The van der Waals surface area contributed by atoms with E-state index in [9.17, 15) is 0 Å². The molecule has 0 fully saturated rings. The number of hydrogen-bond acceptors (Lipinski definition) is 3. The van der Waals surface area contributed by atoms with Crippen LogP contribution >= 0.6 is 11.6 Å². The van der Waals surface area contributed by atoms with Crippen LogP contribution in [0.1, 0.15) is 24.6 Å². The molecule has 1 aromatic carbocycles. The van der Waals surface area contributed by atoms with Crippen LogP contribution < -0.4 is 4.74 Å². The van der Waals surface area contributed by atoms with Crippen LogP contribution in [0.25, 0.3) is 5.69 Å². The largest absolute Gasteiger partial charge is 0.497 e. The lowest BCUT2D eigenvalue weighted by Gasteiger charge is -2.04. The van der Waals surface area contributed by atoms with Gasteiger partial charge in [-0.3, -0.25) is 0 Å². The minimum Gasteiger partial charge on any atom is -0.497 e. The van der Waals surface area contributed by atoms with Crippen LogP contribution in [-0.2, 0) is 6.42 Å². The summed E-state index contributed by atoms with van der Waals surface area (Å²) in [5.41, 5.74) is 2.01. The van der Waals surface area contributed by atoms with Crippen LogP contribution in [0.3, 0.4) is 0 Å². The Morgan fingerprint density at radius 2 is 2.05 bits per heavy atom. The summed E-state index contributed by atoms with van der Waals surface area (Å²) in [6.07, 6.45) is 1.66. The first-order valence-corrected chi connectivity index (χ1v) is 6.41. The fourth-order valence-electron chi connectivity index (χ4n) is 1.86. The summed E-state index contributed by atoms with van der Waals surface area (Å²) >= 11 is 6.22. The maximum Gasteiger partial charge on any atom is 0.150 e. The third kappa shape index (κ3) is 2.56. The van der Waals surface area contributed by atoms with Crippen molar-refractivity contribution < 1.29 is 4.74 Å². The van der Waals surface area contributed by atoms with Crippen LogP contribution in [0.15, 0.2) is 24.3 Å². The first-order valence-electron chi connectivity index (χ1n) is 6.03. The predicted octanol–water partition coefficient (Wildman–Crippen LogP) is 3.36. The van der Waals surface area contributed by atoms with Gasteiger partial charge in [-0.25, -0.2) is 4.68 Å². The van der Waals surface area contributed by atoms with Crippen molar-refractivity contribution >= 4 is 11.6 Å². The number of hydrogen-bond donors (Lipinski definition) is 0. The quantitative estimate of drug-likeness (QED) is 0.860. The van der Waals surface area contributed by atoms with E-state index in [-0.39, 0.29) is 0 Å². The van der Waals surface area contributed by atoms with Gasteiger partial charge in [-0.2, -0.15) is 10.4 Å². The zero-order valence-corrected chi connectivity index (χ0v) is 11.6. The van der Waals surface area contributed by atoms with E-state index >= 15 is 0 Å². The highest BCUT2D eigenvalue weighted by atomic mass is 35.5. The van der Waals surface area contributed by atoms with E-state index < -0.39 is 0 Å².